The topological polar surface area (TPSA) is 181 Å². The van der Waals surface area contributed by atoms with Crippen LogP contribution in [0.3, 0.4) is 0 Å². The van der Waals surface area contributed by atoms with Crippen molar-refractivity contribution in [2.45, 2.75) is 17.7 Å². The molecule has 1 unspecified atom stereocenters. The van der Waals surface area contributed by atoms with Gasteiger partial charge in [-0.15, -0.1) is 0 Å². The van der Waals surface area contributed by atoms with E-state index >= 15 is 0 Å². The molecule has 10 rings (SSSR count). The summed E-state index contributed by atoms with van der Waals surface area (Å²) in [5.74, 6) is -0.665. The molecule has 6 N–H and O–H groups in total. The van der Waals surface area contributed by atoms with Gasteiger partial charge < -0.3 is 50.0 Å². The van der Waals surface area contributed by atoms with Gasteiger partial charge in [0.25, 0.3) is 0 Å². The Morgan fingerprint density at radius 3 is 1.81 bits per heavy atom. The number of phenolic OH excluding ortho intramolecular Hbond substituents is 4. The van der Waals surface area contributed by atoms with Gasteiger partial charge in [-0.3, -0.25) is 0 Å². The molecule has 0 saturated carbocycles. The Labute approximate surface area is 306 Å². The molecule has 0 saturated heterocycles. The SMILES string of the molecule is CN(Cc1cccc2c1C(=O)OC21c2ccc(O)cc2Oc2cc(O)ccc21)c1c(O)ccc2c1Oc1cc(O)ccc1C21OC(=O)c2cc(N)ccc21. The van der Waals surface area contributed by atoms with E-state index in [0.717, 1.165) is 0 Å². The highest BCUT2D eigenvalue weighted by Crippen LogP contribution is 2.61. The first-order chi connectivity index (χ1) is 26.0. The lowest BCUT2D eigenvalue weighted by Crippen LogP contribution is -2.34. The molecule has 0 radical (unpaired) electrons. The maximum Gasteiger partial charge on any atom is 0.340 e. The van der Waals surface area contributed by atoms with E-state index in [1.165, 1.54) is 42.5 Å². The molecule has 4 aliphatic rings. The van der Waals surface area contributed by atoms with Crippen LogP contribution >= 0.6 is 0 Å². The van der Waals surface area contributed by atoms with Crippen molar-refractivity contribution in [2.75, 3.05) is 17.7 Å². The van der Waals surface area contributed by atoms with Gasteiger partial charge in [0.15, 0.2) is 17.0 Å². The monoisotopic (exact) mass is 720 g/mol. The number of rotatable bonds is 3. The molecular formula is C42H28N2O10. The van der Waals surface area contributed by atoms with E-state index in [-0.39, 0.29) is 69.4 Å². The average molecular weight is 721 g/mol. The summed E-state index contributed by atoms with van der Waals surface area (Å²) in [5, 5.41) is 42.6. The van der Waals surface area contributed by atoms with Gasteiger partial charge in [-0.1, -0.05) is 24.3 Å². The number of ether oxygens (including phenoxy) is 4. The van der Waals surface area contributed by atoms with E-state index in [0.29, 0.717) is 44.6 Å². The lowest BCUT2D eigenvalue weighted by molar-refractivity contribution is 0.0214. The molecule has 1 atom stereocenters. The van der Waals surface area contributed by atoms with Gasteiger partial charge in [0.2, 0.25) is 0 Å². The van der Waals surface area contributed by atoms with Crippen molar-refractivity contribution in [3.8, 4) is 46.0 Å². The molecule has 2 spiro atoms. The van der Waals surface area contributed by atoms with Crippen LogP contribution in [0.1, 0.15) is 59.7 Å². The standard InChI is InChI=1S/C42H28N2O10/c1-44(19-20-3-2-4-30-36(20)40(50)54-42(30)27-10-6-22(45)16-33(27)51-34-17-23(46)7-11-28(34)42)37-32(48)14-13-31-38(37)52-35-18-24(47)8-12-29(35)41(31)26-9-5-21(43)15-25(26)39(49)53-41/h2-18,45-48H,19,43H2,1H3. The summed E-state index contributed by atoms with van der Waals surface area (Å²) in [6.07, 6.45) is 0. The van der Waals surface area contributed by atoms with Crippen LogP contribution in [-0.4, -0.2) is 39.4 Å². The zero-order valence-corrected chi connectivity index (χ0v) is 28.3. The van der Waals surface area contributed by atoms with E-state index < -0.39 is 23.1 Å². The molecule has 54 heavy (non-hydrogen) atoms. The van der Waals surface area contributed by atoms with Crippen LogP contribution in [0.2, 0.25) is 0 Å². The number of benzene rings is 6. The minimum absolute atomic E-state index is 0.0553. The minimum atomic E-state index is -1.50. The molecule has 6 aromatic rings. The van der Waals surface area contributed by atoms with Crippen molar-refractivity contribution in [1.82, 2.24) is 0 Å². The van der Waals surface area contributed by atoms with Crippen LogP contribution < -0.4 is 20.1 Å². The fraction of sp³-hybridized carbons (Fsp3) is 0.0952. The Morgan fingerprint density at radius 1 is 0.611 bits per heavy atom. The van der Waals surface area contributed by atoms with E-state index in [2.05, 4.69) is 0 Å². The second-order valence-electron chi connectivity index (χ2n) is 13.7. The smallest absolute Gasteiger partial charge is 0.340 e. The summed E-state index contributed by atoms with van der Waals surface area (Å²) in [5.41, 5.74) is 7.73. The van der Waals surface area contributed by atoms with Crippen molar-refractivity contribution < 1.29 is 49.0 Å². The number of fused-ring (bicyclic) bond motifs is 12. The number of hydrogen-bond acceptors (Lipinski definition) is 12. The fourth-order valence-corrected chi connectivity index (χ4v) is 8.42. The summed E-state index contributed by atoms with van der Waals surface area (Å²) < 4.78 is 25.2. The predicted molar refractivity (Wildman–Crippen MR) is 193 cm³/mol. The lowest BCUT2D eigenvalue weighted by atomic mass is 9.77. The number of aromatic hydroxyl groups is 4. The molecule has 12 nitrogen and oxygen atoms in total. The largest absolute Gasteiger partial charge is 0.508 e. The maximum absolute atomic E-state index is 14.1. The molecule has 0 aromatic heterocycles. The number of carbonyl (C=O) groups excluding carboxylic acids is 2. The van der Waals surface area contributed by atoms with Crippen molar-refractivity contribution in [3.63, 3.8) is 0 Å². The number of esters is 2. The second-order valence-corrected chi connectivity index (χ2v) is 13.7. The first kappa shape index (κ1) is 31.4. The number of nitrogens with zero attached hydrogens (tertiary/aromatic N) is 1. The number of carbonyl (C=O) groups is 2. The number of phenols is 4. The third-order valence-electron chi connectivity index (χ3n) is 10.6. The molecule has 4 aliphatic heterocycles. The van der Waals surface area contributed by atoms with E-state index in [4.69, 9.17) is 24.7 Å². The van der Waals surface area contributed by atoms with Gasteiger partial charge in [-0.2, -0.15) is 0 Å². The summed E-state index contributed by atoms with van der Waals surface area (Å²) in [7, 11) is 1.72. The van der Waals surface area contributed by atoms with Crippen molar-refractivity contribution in [1.29, 1.82) is 0 Å². The summed E-state index contributed by atoms with van der Waals surface area (Å²) in [4.78, 5) is 29.3. The highest BCUT2D eigenvalue weighted by atomic mass is 16.6. The normalized spacial score (nSPS) is 17.6. The molecule has 0 amide bonds. The molecule has 0 aliphatic carbocycles. The third-order valence-corrected chi connectivity index (χ3v) is 10.6. The van der Waals surface area contributed by atoms with Crippen molar-refractivity contribution in [3.05, 3.63) is 153 Å². The zero-order valence-electron chi connectivity index (χ0n) is 28.3. The quantitative estimate of drug-likeness (QED) is 0.0948. The van der Waals surface area contributed by atoms with E-state index in [9.17, 15) is 30.0 Å². The molecule has 6 aromatic carbocycles. The Morgan fingerprint density at radius 2 is 1.17 bits per heavy atom. The fourth-order valence-electron chi connectivity index (χ4n) is 8.42. The Kier molecular flexibility index (Phi) is 6.17. The number of hydrogen-bond donors (Lipinski definition) is 5. The maximum atomic E-state index is 14.1. The summed E-state index contributed by atoms with van der Waals surface area (Å²) >= 11 is 0. The summed E-state index contributed by atoms with van der Waals surface area (Å²) in [6, 6.07) is 27.1. The van der Waals surface area contributed by atoms with Crippen LogP contribution in [0, 0.1) is 0 Å². The highest BCUT2D eigenvalue weighted by molar-refractivity contribution is 5.99. The molecule has 266 valence electrons. The minimum Gasteiger partial charge on any atom is -0.508 e. The first-order valence-electron chi connectivity index (χ1n) is 16.9. The number of anilines is 2. The average Bonchev–Trinajstić information content (AvgIpc) is 3.59. The Hall–Kier alpha value is -7.34. The van der Waals surface area contributed by atoms with Crippen LogP contribution in [0.5, 0.6) is 46.0 Å². The van der Waals surface area contributed by atoms with Gasteiger partial charge in [0.05, 0.1) is 16.7 Å². The zero-order chi connectivity index (χ0) is 37.3. The number of nitrogens with two attached hydrogens (primary N) is 1. The third kappa shape index (κ3) is 4.01. The van der Waals surface area contributed by atoms with Crippen LogP contribution in [-0.2, 0) is 27.2 Å². The highest BCUT2D eigenvalue weighted by Gasteiger charge is 2.56. The molecular weight excluding hydrogens is 692 g/mol. The van der Waals surface area contributed by atoms with Gasteiger partial charge in [0, 0.05) is 65.3 Å². The van der Waals surface area contributed by atoms with Crippen molar-refractivity contribution in [2.24, 2.45) is 0 Å². The van der Waals surface area contributed by atoms with Gasteiger partial charge >= 0.3 is 11.9 Å². The predicted octanol–water partition coefficient (Wildman–Crippen LogP) is 6.86. The lowest BCUT2D eigenvalue weighted by Gasteiger charge is -2.38. The molecule has 4 heterocycles. The molecule has 0 fully saturated rings. The van der Waals surface area contributed by atoms with Gasteiger partial charge in [0.1, 0.15) is 45.9 Å². The second kappa shape index (κ2) is 10.6. The van der Waals surface area contributed by atoms with Crippen LogP contribution in [0.25, 0.3) is 0 Å². The van der Waals surface area contributed by atoms with Crippen molar-refractivity contribution >= 4 is 23.3 Å². The van der Waals surface area contributed by atoms with Crippen LogP contribution in [0.15, 0.2) is 103 Å². The van der Waals surface area contributed by atoms with Gasteiger partial charge in [-0.05, 0) is 66.2 Å². The Balaban J connectivity index is 1.13. The van der Waals surface area contributed by atoms with E-state index in [1.807, 2.05) is 0 Å². The van der Waals surface area contributed by atoms with Gasteiger partial charge in [-0.25, -0.2) is 9.59 Å². The summed E-state index contributed by atoms with van der Waals surface area (Å²) in [6.45, 7) is 0.0654. The molecule has 12 heteroatoms. The molecule has 0 bridgehead atoms. The van der Waals surface area contributed by atoms with E-state index in [1.54, 1.807) is 72.6 Å². The first-order valence-corrected chi connectivity index (χ1v) is 16.9. The number of nitrogen functional groups attached to an aromatic ring is 1. The Bertz CT molecular complexity index is 2640. The van der Waals surface area contributed by atoms with Crippen LogP contribution in [0.4, 0.5) is 11.4 Å².